The Morgan fingerprint density at radius 1 is 1.39 bits per heavy atom. The van der Waals surface area contributed by atoms with E-state index in [0.717, 1.165) is 5.92 Å². The topological polar surface area (TPSA) is 49.3 Å². The number of hydrogen-bond acceptors (Lipinski definition) is 2. The van der Waals surface area contributed by atoms with Crippen LogP contribution in [0.4, 0.5) is 0 Å². The number of rotatable bonds is 4. The van der Waals surface area contributed by atoms with Gasteiger partial charge in [0.1, 0.15) is 0 Å². The summed E-state index contributed by atoms with van der Waals surface area (Å²) in [6, 6.07) is 0.447. The minimum Gasteiger partial charge on any atom is -0.481 e. The fraction of sp³-hybridized carbons (Fsp3) is 0.933. The highest BCUT2D eigenvalue weighted by Crippen LogP contribution is 2.62. The van der Waals surface area contributed by atoms with Gasteiger partial charge in [-0.15, -0.1) is 0 Å². The first-order chi connectivity index (χ1) is 8.09. The largest absolute Gasteiger partial charge is 0.481 e. The number of carbonyl (C=O) groups is 1. The van der Waals surface area contributed by atoms with Crippen molar-refractivity contribution >= 4 is 5.97 Å². The predicted octanol–water partition coefficient (Wildman–Crippen LogP) is 2.90. The van der Waals surface area contributed by atoms with Crippen molar-refractivity contribution in [1.82, 2.24) is 5.32 Å². The Kier molecular flexibility index (Phi) is 3.05. The van der Waals surface area contributed by atoms with Crippen molar-refractivity contribution < 1.29 is 9.90 Å². The molecule has 3 atom stereocenters. The second kappa shape index (κ2) is 3.96. The normalized spacial score (nSPS) is 38.1. The first-order valence-electron chi connectivity index (χ1n) is 7.06. The minimum absolute atomic E-state index is 0.293. The number of hydrogen-bond donors (Lipinski definition) is 2. The van der Waals surface area contributed by atoms with Crippen LogP contribution in [-0.2, 0) is 4.79 Å². The first kappa shape index (κ1) is 13.9. The molecule has 0 aromatic rings. The van der Waals surface area contributed by atoms with Gasteiger partial charge >= 0.3 is 5.97 Å². The molecule has 3 nitrogen and oxygen atoms in total. The van der Waals surface area contributed by atoms with Gasteiger partial charge < -0.3 is 10.4 Å². The van der Waals surface area contributed by atoms with E-state index >= 15 is 0 Å². The van der Waals surface area contributed by atoms with Crippen molar-refractivity contribution in [1.29, 1.82) is 0 Å². The molecule has 18 heavy (non-hydrogen) atoms. The molecule has 104 valence electrons. The highest BCUT2D eigenvalue weighted by Gasteiger charge is 2.59. The maximum absolute atomic E-state index is 11.2. The lowest BCUT2D eigenvalue weighted by Crippen LogP contribution is -2.53. The van der Waals surface area contributed by atoms with Gasteiger partial charge in [-0.25, -0.2) is 0 Å². The summed E-state index contributed by atoms with van der Waals surface area (Å²) in [5, 5.41) is 12.8. The van der Waals surface area contributed by atoms with Crippen molar-refractivity contribution in [3.8, 4) is 0 Å². The van der Waals surface area contributed by atoms with Crippen LogP contribution >= 0.6 is 0 Å². The van der Waals surface area contributed by atoms with E-state index in [2.05, 4.69) is 26.1 Å². The molecule has 0 amide bonds. The average molecular weight is 253 g/mol. The summed E-state index contributed by atoms with van der Waals surface area (Å²) in [4.78, 5) is 11.2. The van der Waals surface area contributed by atoms with E-state index in [1.54, 1.807) is 13.8 Å². The molecular formula is C15H27NO2. The van der Waals surface area contributed by atoms with Gasteiger partial charge in [-0.3, -0.25) is 4.79 Å². The summed E-state index contributed by atoms with van der Waals surface area (Å²) >= 11 is 0. The summed E-state index contributed by atoms with van der Waals surface area (Å²) in [7, 11) is 0. The third-order valence-corrected chi connectivity index (χ3v) is 5.60. The fourth-order valence-electron chi connectivity index (χ4n) is 4.24. The zero-order valence-electron chi connectivity index (χ0n) is 12.3. The van der Waals surface area contributed by atoms with E-state index in [9.17, 15) is 9.90 Å². The second-order valence-corrected chi connectivity index (χ2v) is 7.92. The molecule has 0 aromatic heterocycles. The van der Waals surface area contributed by atoms with Crippen LogP contribution in [0.15, 0.2) is 0 Å². The molecule has 0 aromatic carbocycles. The van der Waals surface area contributed by atoms with E-state index in [1.807, 2.05) is 0 Å². The van der Waals surface area contributed by atoms with Crippen molar-refractivity contribution in [2.75, 3.05) is 6.54 Å². The molecule has 2 N–H and O–H groups in total. The highest BCUT2D eigenvalue weighted by atomic mass is 16.4. The van der Waals surface area contributed by atoms with Crippen molar-refractivity contribution in [3.05, 3.63) is 0 Å². The molecule has 3 unspecified atom stereocenters. The van der Waals surface area contributed by atoms with Crippen LogP contribution in [0.2, 0.25) is 0 Å². The van der Waals surface area contributed by atoms with E-state index in [4.69, 9.17) is 0 Å². The lowest BCUT2D eigenvalue weighted by Gasteiger charge is -2.44. The van der Waals surface area contributed by atoms with Crippen LogP contribution in [0.5, 0.6) is 0 Å². The van der Waals surface area contributed by atoms with Gasteiger partial charge in [-0.05, 0) is 49.9 Å². The number of aliphatic carboxylic acids is 1. The number of carboxylic acids is 1. The summed E-state index contributed by atoms with van der Waals surface area (Å²) in [6.07, 6.45) is 3.92. The quantitative estimate of drug-likeness (QED) is 0.810. The molecule has 2 aliphatic carbocycles. The zero-order chi connectivity index (χ0) is 13.8. The predicted molar refractivity (Wildman–Crippen MR) is 72.4 cm³/mol. The Hall–Kier alpha value is -0.570. The van der Waals surface area contributed by atoms with Crippen LogP contribution in [0.3, 0.4) is 0 Å². The second-order valence-electron chi connectivity index (χ2n) is 7.92. The molecule has 0 spiro atoms. The number of carboxylic acid groups (broad SMARTS) is 1. The maximum Gasteiger partial charge on any atom is 0.310 e. The average Bonchev–Trinajstić information content (AvgIpc) is 2.68. The fourth-order valence-corrected chi connectivity index (χ4v) is 4.24. The molecular weight excluding hydrogens is 226 g/mol. The summed E-state index contributed by atoms with van der Waals surface area (Å²) in [5.41, 5.74) is -0.0292. The Morgan fingerprint density at radius 3 is 2.44 bits per heavy atom. The Morgan fingerprint density at radius 2 is 2.00 bits per heavy atom. The first-order valence-corrected chi connectivity index (χ1v) is 7.06. The monoisotopic (exact) mass is 253 g/mol. The third-order valence-electron chi connectivity index (χ3n) is 5.60. The smallest absolute Gasteiger partial charge is 0.310 e. The molecule has 0 aliphatic heterocycles. The van der Waals surface area contributed by atoms with E-state index in [1.165, 1.54) is 19.3 Å². The van der Waals surface area contributed by atoms with Crippen molar-refractivity contribution in [2.24, 2.45) is 22.2 Å². The SMILES string of the molecule is CC(C)(CNC1C2(C)CCC(C2)C1(C)C)C(=O)O. The van der Waals surface area contributed by atoms with Gasteiger partial charge in [-0.2, -0.15) is 0 Å². The molecule has 2 fully saturated rings. The molecule has 3 heteroatoms. The Balaban J connectivity index is 2.08. The van der Waals surface area contributed by atoms with Crippen LogP contribution in [0, 0.1) is 22.2 Å². The molecule has 0 saturated heterocycles. The molecule has 2 saturated carbocycles. The highest BCUT2D eigenvalue weighted by molar-refractivity contribution is 5.73. The Bertz CT molecular complexity index is 357. The molecule has 2 bridgehead atoms. The van der Waals surface area contributed by atoms with Crippen LogP contribution in [0.25, 0.3) is 0 Å². The molecule has 2 aliphatic rings. The summed E-state index contributed by atoms with van der Waals surface area (Å²) in [5.74, 6) is 0.0778. The molecule has 2 rings (SSSR count). The van der Waals surface area contributed by atoms with Crippen LogP contribution in [0.1, 0.15) is 53.9 Å². The lowest BCUT2D eigenvalue weighted by molar-refractivity contribution is -0.146. The lowest BCUT2D eigenvalue weighted by atomic mass is 9.68. The number of nitrogens with one attached hydrogen (secondary N) is 1. The van der Waals surface area contributed by atoms with Gasteiger partial charge in [0, 0.05) is 12.6 Å². The van der Waals surface area contributed by atoms with E-state index in [-0.39, 0.29) is 0 Å². The van der Waals surface area contributed by atoms with Crippen molar-refractivity contribution in [2.45, 2.75) is 59.9 Å². The van der Waals surface area contributed by atoms with E-state index in [0.29, 0.717) is 23.4 Å². The van der Waals surface area contributed by atoms with Gasteiger partial charge in [0.05, 0.1) is 5.41 Å². The van der Waals surface area contributed by atoms with Gasteiger partial charge in [0.2, 0.25) is 0 Å². The van der Waals surface area contributed by atoms with Crippen LogP contribution in [-0.4, -0.2) is 23.7 Å². The molecule has 0 radical (unpaired) electrons. The zero-order valence-corrected chi connectivity index (χ0v) is 12.3. The third kappa shape index (κ3) is 1.97. The summed E-state index contributed by atoms with van der Waals surface area (Å²) < 4.78 is 0. The summed E-state index contributed by atoms with van der Waals surface area (Å²) in [6.45, 7) is 11.2. The number of fused-ring (bicyclic) bond motifs is 2. The molecule has 0 heterocycles. The van der Waals surface area contributed by atoms with E-state index < -0.39 is 11.4 Å². The minimum atomic E-state index is -0.721. The van der Waals surface area contributed by atoms with Gasteiger partial charge in [0.15, 0.2) is 0 Å². The Labute approximate surface area is 110 Å². The van der Waals surface area contributed by atoms with Crippen LogP contribution < -0.4 is 5.32 Å². The van der Waals surface area contributed by atoms with Gasteiger partial charge in [0.25, 0.3) is 0 Å². The van der Waals surface area contributed by atoms with Crippen molar-refractivity contribution in [3.63, 3.8) is 0 Å². The maximum atomic E-state index is 11.2. The standard InChI is InChI=1S/C15H27NO2/c1-13(2,12(17)18)9-16-11-14(3,4)10-6-7-15(11,5)8-10/h10-11,16H,6-9H2,1-5H3,(H,17,18). The van der Waals surface area contributed by atoms with Gasteiger partial charge in [-0.1, -0.05) is 20.8 Å².